The second kappa shape index (κ2) is 7.81. The number of halogens is 1. The van der Waals surface area contributed by atoms with Gasteiger partial charge in [0.05, 0.1) is 0 Å². The number of para-hydroxylation sites is 2. The molecule has 0 heterocycles. The van der Waals surface area contributed by atoms with Crippen molar-refractivity contribution in [2.24, 2.45) is 0 Å². The molecule has 102 valence electrons. The molecule has 0 spiro atoms. The van der Waals surface area contributed by atoms with E-state index in [9.17, 15) is 4.57 Å². The third-order valence-corrected chi connectivity index (χ3v) is 2.52. The maximum absolute atomic E-state index is 10.3. The van der Waals surface area contributed by atoms with Crippen LogP contribution in [0.4, 0.5) is 5.69 Å². The van der Waals surface area contributed by atoms with Gasteiger partial charge < -0.3 is 4.52 Å². The molecule has 0 saturated heterocycles. The van der Waals surface area contributed by atoms with Crippen LogP contribution in [0.5, 0.6) is 5.75 Å². The van der Waals surface area contributed by atoms with Gasteiger partial charge in [-0.2, -0.15) is 0 Å². The molecule has 5 nitrogen and oxygen atoms in total. The van der Waals surface area contributed by atoms with E-state index in [2.05, 4.69) is 9.36 Å². The fourth-order valence-corrected chi connectivity index (χ4v) is 1.64. The Morgan fingerprint density at radius 1 is 0.947 bits per heavy atom. The molecular weight excluding hydrogens is 289 g/mol. The first-order valence-corrected chi connectivity index (χ1v) is 7.14. The summed E-state index contributed by atoms with van der Waals surface area (Å²) in [5, 5.41) is 0. The highest BCUT2D eigenvalue weighted by Gasteiger charge is 2.14. The van der Waals surface area contributed by atoms with Gasteiger partial charge in [0.25, 0.3) is 0 Å². The Bertz CT molecular complexity index is 518. The van der Waals surface area contributed by atoms with E-state index in [4.69, 9.17) is 21.6 Å². The zero-order valence-corrected chi connectivity index (χ0v) is 11.5. The second-order valence-corrected chi connectivity index (χ2v) is 4.71. The van der Waals surface area contributed by atoms with Gasteiger partial charge in [-0.25, -0.2) is 4.57 Å². The molecule has 0 unspecified atom stereocenters. The van der Waals surface area contributed by atoms with Gasteiger partial charge in [0, 0.05) is 17.5 Å². The monoisotopic (exact) mass is 301 g/mol. The minimum atomic E-state index is -4.39. The standard InChI is InChI=1S/C6H6ClN.C6H7O4P/c7-8-6-4-2-1-3-5-6;7-11(8,9)10-6-4-2-1-3-5-6/h1-5,8H;1-5H,(H2,7,8,9). The van der Waals surface area contributed by atoms with E-state index in [1.54, 1.807) is 18.2 Å². The van der Waals surface area contributed by atoms with Crippen molar-refractivity contribution in [1.29, 1.82) is 0 Å². The van der Waals surface area contributed by atoms with Crippen LogP contribution in [0.15, 0.2) is 60.7 Å². The molecule has 2 aromatic carbocycles. The minimum absolute atomic E-state index is 0.167. The quantitative estimate of drug-likeness (QED) is 0.598. The topological polar surface area (TPSA) is 78.8 Å². The number of phosphoric acid groups is 1. The highest BCUT2D eigenvalue weighted by atomic mass is 35.5. The predicted molar refractivity (Wildman–Crippen MR) is 75.0 cm³/mol. The van der Waals surface area contributed by atoms with Crippen molar-refractivity contribution >= 4 is 25.3 Å². The zero-order chi connectivity index (χ0) is 14.1. The number of nitrogens with one attached hydrogen (secondary N) is 1. The highest BCUT2D eigenvalue weighted by Crippen LogP contribution is 2.36. The Kier molecular flexibility index (Phi) is 6.39. The van der Waals surface area contributed by atoms with Gasteiger partial charge in [-0.3, -0.25) is 14.6 Å². The molecule has 2 rings (SSSR count). The highest BCUT2D eigenvalue weighted by molar-refractivity contribution is 7.46. The van der Waals surface area contributed by atoms with Gasteiger partial charge in [-0.1, -0.05) is 36.4 Å². The molecule has 0 saturated carbocycles. The number of benzene rings is 2. The molecule has 0 aliphatic carbocycles. The molecule has 0 aliphatic heterocycles. The van der Waals surface area contributed by atoms with E-state index in [1.165, 1.54) is 12.1 Å². The fourth-order valence-electron chi connectivity index (χ4n) is 1.12. The largest absolute Gasteiger partial charge is 0.524 e. The van der Waals surface area contributed by atoms with E-state index < -0.39 is 7.82 Å². The molecule has 3 N–H and O–H groups in total. The van der Waals surface area contributed by atoms with Gasteiger partial charge in [-0.05, 0) is 24.3 Å². The average molecular weight is 302 g/mol. The van der Waals surface area contributed by atoms with Gasteiger partial charge in [-0.15, -0.1) is 0 Å². The summed E-state index contributed by atoms with van der Waals surface area (Å²) in [7, 11) is -4.39. The maximum Gasteiger partial charge on any atom is 0.524 e. The first-order chi connectivity index (χ1) is 9.01. The Balaban J connectivity index is 0.000000200. The van der Waals surface area contributed by atoms with E-state index in [-0.39, 0.29) is 5.75 Å². The van der Waals surface area contributed by atoms with Gasteiger partial charge in [0.1, 0.15) is 5.75 Å². The van der Waals surface area contributed by atoms with E-state index in [0.29, 0.717) is 0 Å². The summed E-state index contributed by atoms with van der Waals surface area (Å²) in [5.74, 6) is 0.167. The summed E-state index contributed by atoms with van der Waals surface area (Å²) >= 11 is 5.28. The summed E-state index contributed by atoms with van der Waals surface area (Å²) < 4.78 is 14.5. The van der Waals surface area contributed by atoms with Crippen LogP contribution in [-0.4, -0.2) is 9.79 Å². The lowest BCUT2D eigenvalue weighted by atomic mass is 10.3. The number of anilines is 1. The SMILES string of the molecule is ClNc1ccccc1.O=P(O)(O)Oc1ccccc1. The summed E-state index contributed by atoms with van der Waals surface area (Å²) in [6.07, 6.45) is 0. The van der Waals surface area contributed by atoms with E-state index >= 15 is 0 Å². The molecular formula is C12H13ClNO4P. The predicted octanol–water partition coefficient (Wildman–Crippen LogP) is 3.41. The molecule has 0 atom stereocenters. The van der Waals surface area contributed by atoms with Crippen molar-refractivity contribution in [2.75, 3.05) is 4.84 Å². The molecule has 0 amide bonds. The normalized spacial score (nSPS) is 10.1. The lowest BCUT2D eigenvalue weighted by molar-refractivity contribution is 0.283. The van der Waals surface area contributed by atoms with Crippen LogP contribution in [0, 0.1) is 0 Å². The van der Waals surface area contributed by atoms with Gasteiger partial charge >= 0.3 is 7.82 Å². The van der Waals surface area contributed by atoms with Crippen molar-refractivity contribution in [1.82, 2.24) is 0 Å². The smallest absolute Gasteiger partial charge is 0.404 e. The van der Waals surface area contributed by atoms with Crippen LogP contribution in [-0.2, 0) is 4.57 Å². The van der Waals surface area contributed by atoms with Crippen LogP contribution >= 0.6 is 19.6 Å². The molecule has 7 heteroatoms. The number of rotatable bonds is 3. The first-order valence-electron chi connectivity index (χ1n) is 5.23. The second-order valence-electron chi connectivity index (χ2n) is 3.36. The number of hydrogen-bond donors (Lipinski definition) is 3. The third-order valence-electron chi connectivity index (χ3n) is 1.85. The third kappa shape index (κ3) is 7.49. The fraction of sp³-hybridized carbons (Fsp3) is 0. The van der Waals surface area contributed by atoms with Crippen molar-refractivity contribution in [3.63, 3.8) is 0 Å². The summed E-state index contributed by atoms with van der Waals surface area (Å²) in [4.78, 5) is 19.2. The lowest BCUT2D eigenvalue weighted by Gasteiger charge is -2.04. The van der Waals surface area contributed by atoms with Gasteiger partial charge in [0.2, 0.25) is 0 Å². The summed E-state index contributed by atoms with van der Waals surface area (Å²) in [5.41, 5.74) is 0.925. The lowest BCUT2D eigenvalue weighted by Crippen LogP contribution is -1.88. The van der Waals surface area contributed by atoms with Crippen LogP contribution in [0.3, 0.4) is 0 Å². The Morgan fingerprint density at radius 3 is 1.79 bits per heavy atom. The maximum atomic E-state index is 10.3. The molecule has 0 fully saturated rings. The molecule has 2 aromatic rings. The number of phosphoric ester groups is 1. The Morgan fingerprint density at radius 2 is 1.42 bits per heavy atom. The summed E-state index contributed by atoms with van der Waals surface area (Å²) in [6, 6.07) is 17.5. The average Bonchev–Trinajstić information content (AvgIpc) is 2.40. The van der Waals surface area contributed by atoms with E-state index in [1.807, 2.05) is 30.3 Å². The zero-order valence-electron chi connectivity index (χ0n) is 9.81. The van der Waals surface area contributed by atoms with Crippen molar-refractivity contribution < 1.29 is 18.9 Å². The molecule has 19 heavy (non-hydrogen) atoms. The van der Waals surface area contributed by atoms with Crippen molar-refractivity contribution in [3.05, 3.63) is 60.7 Å². The molecule has 0 bridgehead atoms. The van der Waals surface area contributed by atoms with Gasteiger partial charge in [0.15, 0.2) is 0 Å². The van der Waals surface area contributed by atoms with Crippen LogP contribution < -0.4 is 9.36 Å². The molecule has 0 aromatic heterocycles. The Labute approximate surface area is 116 Å². The van der Waals surface area contributed by atoms with E-state index in [0.717, 1.165) is 5.69 Å². The van der Waals surface area contributed by atoms with Crippen LogP contribution in [0.2, 0.25) is 0 Å². The Hall–Kier alpha value is -1.52. The summed E-state index contributed by atoms with van der Waals surface area (Å²) in [6.45, 7) is 0. The van der Waals surface area contributed by atoms with Crippen molar-refractivity contribution in [2.45, 2.75) is 0 Å². The molecule has 0 radical (unpaired) electrons. The van der Waals surface area contributed by atoms with Crippen LogP contribution in [0.25, 0.3) is 0 Å². The number of hydrogen-bond acceptors (Lipinski definition) is 3. The van der Waals surface area contributed by atoms with Crippen LogP contribution in [0.1, 0.15) is 0 Å². The molecule has 0 aliphatic rings. The van der Waals surface area contributed by atoms with Crippen molar-refractivity contribution in [3.8, 4) is 5.75 Å². The minimum Gasteiger partial charge on any atom is -0.404 e. The first kappa shape index (κ1) is 15.5.